The molecule has 0 saturated heterocycles. The SMILES string of the molecule is O=C(NC1CC1)Sc1ccc(Cl)cc1. The van der Waals surface area contributed by atoms with E-state index < -0.39 is 0 Å². The predicted octanol–water partition coefficient (Wildman–Crippen LogP) is 3.30. The van der Waals surface area contributed by atoms with Crippen molar-refractivity contribution in [3.8, 4) is 0 Å². The Labute approximate surface area is 92.0 Å². The molecule has 0 unspecified atom stereocenters. The Bertz CT molecular complexity index is 334. The Kier molecular flexibility index (Phi) is 2.99. The van der Waals surface area contributed by atoms with E-state index in [0.29, 0.717) is 11.1 Å². The molecule has 1 aromatic carbocycles. The van der Waals surface area contributed by atoms with E-state index in [-0.39, 0.29) is 5.24 Å². The minimum Gasteiger partial charge on any atom is -0.344 e. The van der Waals surface area contributed by atoms with Crippen LogP contribution in [0, 0.1) is 0 Å². The number of benzene rings is 1. The van der Waals surface area contributed by atoms with Crippen molar-refractivity contribution in [1.82, 2.24) is 5.32 Å². The van der Waals surface area contributed by atoms with Gasteiger partial charge >= 0.3 is 0 Å². The molecule has 0 aromatic heterocycles. The highest BCUT2D eigenvalue weighted by Crippen LogP contribution is 2.24. The van der Waals surface area contributed by atoms with Gasteiger partial charge in [0.25, 0.3) is 5.24 Å². The third kappa shape index (κ3) is 2.93. The molecule has 1 fully saturated rings. The van der Waals surface area contributed by atoms with Gasteiger partial charge in [-0.2, -0.15) is 0 Å². The van der Waals surface area contributed by atoms with Gasteiger partial charge in [0.15, 0.2) is 0 Å². The smallest absolute Gasteiger partial charge is 0.284 e. The first-order chi connectivity index (χ1) is 6.74. The second-order valence-electron chi connectivity index (χ2n) is 3.26. The molecule has 1 N–H and O–H groups in total. The van der Waals surface area contributed by atoms with Crippen LogP contribution in [0.5, 0.6) is 0 Å². The van der Waals surface area contributed by atoms with E-state index in [1.54, 1.807) is 12.1 Å². The molecule has 1 amide bonds. The Hall–Kier alpha value is -0.670. The van der Waals surface area contributed by atoms with Gasteiger partial charge in [-0.3, -0.25) is 4.79 Å². The summed E-state index contributed by atoms with van der Waals surface area (Å²) in [4.78, 5) is 12.3. The summed E-state index contributed by atoms with van der Waals surface area (Å²) in [5.41, 5.74) is 0. The Morgan fingerprint density at radius 1 is 1.36 bits per heavy atom. The highest BCUT2D eigenvalue weighted by atomic mass is 35.5. The van der Waals surface area contributed by atoms with Crippen LogP contribution in [0.15, 0.2) is 29.2 Å². The molecule has 1 aliphatic carbocycles. The standard InChI is InChI=1S/C10H10ClNOS/c11-7-1-5-9(6-2-7)14-10(13)12-8-3-4-8/h1-2,5-6,8H,3-4H2,(H,12,13). The second kappa shape index (κ2) is 4.24. The summed E-state index contributed by atoms with van der Waals surface area (Å²) < 4.78 is 0. The quantitative estimate of drug-likeness (QED) is 0.786. The first kappa shape index (κ1) is 9.87. The van der Waals surface area contributed by atoms with Crippen molar-refractivity contribution >= 4 is 28.6 Å². The first-order valence-corrected chi connectivity index (χ1v) is 5.67. The summed E-state index contributed by atoms with van der Waals surface area (Å²) in [5.74, 6) is 0. The first-order valence-electron chi connectivity index (χ1n) is 4.48. The summed E-state index contributed by atoms with van der Waals surface area (Å²) in [7, 11) is 0. The summed E-state index contributed by atoms with van der Waals surface area (Å²) >= 11 is 6.94. The summed E-state index contributed by atoms with van der Waals surface area (Å²) in [6.07, 6.45) is 2.24. The van der Waals surface area contributed by atoms with E-state index >= 15 is 0 Å². The lowest BCUT2D eigenvalue weighted by Gasteiger charge is -2.02. The summed E-state index contributed by atoms with van der Waals surface area (Å²) in [6, 6.07) is 7.68. The van der Waals surface area contributed by atoms with Gasteiger partial charge in [0, 0.05) is 16.0 Å². The molecule has 1 saturated carbocycles. The lowest BCUT2D eigenvalue weighted by Crippen LogP contribution is -2.20. The van der Waals surface area contributed by atoms with E-state index in [0.717, 1.165) is 17.7 Å². The monoisotopic (exact) mass is 227 g/mol. The van der Waals surface area contributed by atoms with Gasteiger partial charge in [0.2, 0.25) is 0 Å². The number of thioether (sulfide) groups is 1. The van der Waals surface area contributed by atoms with E-state index in [9.17, 15) is 4.79 Å². The van der Waals surface area contributed by atoms with Gasteiger partial charge in [0.05, 0.1) is 0 Å². The number of carbonyl (C=O) groups is 1. The van der Waals surface area contributed by atoms with Crippen LogP contribution in [-0.4, -0.2) is 11.3 Å². The van der Waals surface area contributed by atoms with Gasteiger partial charge in [-0.05, 0) is 48.9 Å². The Morgan fingerprint density at radius 2 is 2.00 bits per heavy atom. The molecule has 0 bridgehead atoms. The van der Waals surface area contributed by atoms with Crippen LogP contribution < -0.4 is 5.32 Å². The Balaban J connectivity index is 1.89. The molecule has 0 heterocycles. The number of carbonyl (C=O) groups excluding carboxylic acids is 1. The highest BCUT2D eigenvalue weighted by molar-refractivity contribution is 8.13. The topological polar surface area (TPSA) is 29.1 Å². The van der Waals surface area contributed by atoms with E-state index in [1.165, 1.54) is 11.8 Å². The van der Waals surface area contributed by atoms with Crippen molar-refractivity contribution in [2.45, 2.75) is 23.8 Å². The van der Waals surface area contributed by atoms with Crippen LogP contribution in [0.3, 0.4) is 0 Å². The van der Waals surface area contributed by atoms with Gasteiger partial charge in [0.1, 0.15) is 0 Å². The minimum absolute atomic E-state index is 0.0230. The average Bonchev–Trinajstić information content (AvgIpc) is 2.93. The van der Waals surface area contributed by atoms with Crippen LogP contribution in [0.25, 0.3) is 0 Å². The van der Waals surface area contributed by atoms with Crippen molar-refractivity contribution in [2.75, 3.05) is 0 Å². The minimum atomic E-state index is 0.0230. The van der Waals surface area contributed by atoms with Gasteiger partial charge in [-0.15, -0.1) is 0 Å². The van der Waals surface area contributed by atoms with E-state index in [2.05, 4.69) is 5.32 Å². The largest absolute Gasteiger partial charge is 0.344 e. The molecule has 0 radical (unpaired) electrons. The molecule has 4 heteroatoms. The molecular formula is C10H10ClNOS. The normalized spacial score (nSPS) is 15.2. The zero-order valence-corrected chi connectivity index (χ0v) is 9.07. The molecule has 74 valence electrons. The van der Waals surface area contributed by atoms with Gasteiger partial charge in [-0.1, -0.05) is 11.6 Å². The second-order valence-corrected chi connectivity index (χ2v) is 4.74. The number of rotatable bonds is 2. The molecule has 1 aliphatic rings. The molecular weight excluding hydrogens is 218 g/mol. The lowest BCUT2D eigenvalue weighted by atomic mass is 10.4. The fourth-order valence-corrected chi connectivity index (χ4v) is 1.87. The zero-order valence-electron chi connectivity index (χ0n) is 7.50. The fraction of sp³-hybridized carbons (Fsp3) is 0.300. The molecule has 2 nitrogen and oxygen atoms in total. The van der Waals surface area contributed by atoms with E-state index in [4.69, 9.17) is 11.6 Å². The van der Waals surface area contributed by atoms with E-state index in [1.807, 2.05) is 12.1 Å². The molecule has 14 heavy (non-hydrogen) atoms. The van der Waals surface area contributed by atoms with Crippen molar-refractivity contribution in [3.63, 3.8) is 0 Å². The number of hydrogen-bond donors (Lipinski definition) is 1. The maximum Gasteiger partial charge on any atom is 0.284 e. The molecule has 0 aliphatic heterocycles. The van der Waals surface area contributed by atoms with Crippen LogP contribution in [-0.2, 0) is 0 Å². The van der Waals surface area contributed by atoms with Crippen molar-refractivity contribution < 1.29 is 4.79 Å². The third-order valence-electron chi connectivity index (χ3n) is 1.92. The van der Waals surface area contributed by atoms with Gasteiger partial charge in [-0.25, -0.2) is 0 Å². The number of halogens is 1. The van der Waals surface area contributed by atoms with Crippen molar-refractivity contribution in [1.29, 1.82) is 0 Å². The van der Waals surface area contributed by atoms with Crippen molar-refractivity contribution in [2.24, 2.45) is 0 Å². The molecule has 2 rings (SSSR count). The lowest BCUT2D eigenvalue weighted by molar-refractivity contribution is 0.260. The van der Waals surface area contributed by atoms with Gasteiger partial charge < -0.3 is 5.32 Å². The summed E-state index contributed by atoms with van der Waals surface area (Å²) in [6.45, 7) is 0. The summed E-state index contributed by atoms with van der Waals surface area (Å²) in [5, 5.41) is 3.62. The highest BCUT2D eigenvalue weighted by Gasteiger charge is 2.23. The molecule has 0 spiro atoms. The Morgan fingerprint density at radius 3 is 2.57 bits per heavy atom. The van der Waals surface area contributed by atoms with Crippen LogP contribution in [0.4, 0.5) is 4.79 Å². The van der Waals surface area contributed by atoms with Crippen LogP contribution in [0.2, 0.25) is 5.02 Å². The number of nitrogens with one attached hydrogen (secondary N) is 1. The third-order valence-corrected chi connectivity index (χ3v) is 2.99. The average molecular weight is 228 g/mol. The fourth-order valence-electron chi connectivity index (χ4n) is 1.03. The van der Waals surface area contributed by atoms with Crippen LogP contribution in [0.1, 0.15) is 12.8 Å². The maximum atomic E-state index is 11.4. The predicted molar refractivity (Wildman–Crippen MR) is 58.9 cm³/mol. The zero-order chi connectivity index (χ0) is 9.97. The number of amides is 1. The molecule has 1 aromatic rings. The van der Waals surface area contributed by atoms with Crippen LogP contribution >= 0.6 is 23.4 Å². The van der Waals surface area contributed by atoms with Crippen molar-refractivity contribution in [3.05, 3.63) is 29.3 Å². The maximum absolute atomic E-state index is 11.4. The number of hydrogen-bond acceptors (Lipinski definition) is 2. The molecule has 0 atom stereocenters.